The van der Waals surface area contributed by atoms with Crippen molar-refractivity contribution >= 4 is 32.4 Å². The van der Waals surface area contributed by atoms with Gasteiger partial charge < -0.3 is 4.90 Å². The van der Waals surface area contributed by atoms with Crippen molar-refractivity contribution in [2.24, 2.45) is 0 Å². The molecule has 4 aromatic rings. The highest BCUT2D eigenvalue weighted by Crippen LogP contribution is 2.34. The van der Waals surface area contributed by atoms with Crippen molar-refractivity contribution < 1.29 is 8.42 Å². The number of nitrogens with zero attached hydrogens (tertiary/aromatic N) is 3. The number of rotatable bonds is 7. The highest BCUT2D eigenvalue weighted by Gasteiger charge is 2.22. The van der Waals surface area contributed by atoms with Gasteiger partial charge in [0.2, 0.25) is 0 Å². The second-order valence-corrected chi connectivity index (χ2v) is 12.2. The Balaban J connectivity index is 1.83. The van der Waals surface area contributed by atoms with Crippen molar-refractivity contribution in [2.75, 3.05) is 26.9 Å². The quantitative estimate of drug-likeness (QED) is 0.277. The Morgan fingerprint density at radius 3 is 2.41 bits per heavy atom. The van der Waals surface area contributed by atoms with E-state index in [4.69, 9.17) is 0 Å². The summed E-state index contributed by atoms with van der Waals surface area (Å²) in [5, 5.41) is 10.8. The Kier molecular flexibility index (Phi) is 7.31. The highest BCUT2D eigenvalue weighted by atomic mass is 32.2. The minimum absolute atomic E-state index is 0.307. The lowest BCUT2D eigenvalue weighted by molar-refractivity contribution is 0.463. The summed E-state index contributed by atoms with van der Waals surface area (Å²) < 4.78 is 23.8. The first-order valence-corrected chi connectivity index (χ1v) is 13.9. The maximum absolute atomic E-state index is 11.9. The molecule has 0 saturated carbocycles. The van der Waals surface area contributed by atoms with E-state index in [2.05, 4.69) is 46.3 Å². The molecule has 0 spiro atoms. The lowest BCUT2D eigenvalue weighted by Gasteiger charge is -2.19. The molecule has 0 aliphatic heterocycles. The Hall–Kier alpha value is -3.79. The number of aromatic nitrogens is 1. The fourth-order valence-corrected chi connectivity index (χ4v) is 4.94. The number of hydrogen-bond acceptors (Lipinski definition) is 5. The summed E-state index contributed by atoms with van der Waals surface area (Å²) in [5.41, 5.74) is 6.28. The first-order valence-electron chi connectivity index (χ1n) is 12.0. The van der Waals surface area contributed by atoms with Crippen LogP contribution in [0, 0.1) is 11.3 Å². The van der Waals surface area contributed by atoms with Crippen LogP contribution in [0.25, 0.3) is 33.7 Å². The molecule has 0 N–H and O–H groups in total. The van der Waals surface area contributed by atoms with E-state index in [1.807, 2.05) is 64.3 Å². The second kappa shape index (κ2) is 10.3. The minimum atomic E-state index is -3.25. The molecular weight excluding hydrogens is 478 g/mol. The summed E-state index contributed by atoms with van der Waals surface area (Å²) >= 11 is 0. The molecule has 0 aliphatic rings. The maximum Gasteiger partial charge on any atom is 0.175 e. The van der Waals surface area contributed by atoms with E-state index in [-0.39, 0.29) is 0 Å². The van der Waals surface area contributed by atoms with Gasteiger partial charge in [0.15, 0.2) is 9.84 Å². The SMILES string of the molecule is CN(C)C/C(=C/c1cccc(-c2cc(C(C)(C)C#N)cc3cccnc23)c1)c1ccc(S(C)(=O)=O)cc1. The predicted octanol–water partition coefficient (Wildman–Crippen LogP) is 6.21. The van der Waals surface area contributed by atoms with Crippen LogP contribution in [0.1, 0.15) is 30.5 Å². The third-order valence-electron chi connectivity index (χ3n) is 6.38. The van der Waals surface area contributed by atoms with Crippen molar-refractivity contribution in [1.82, 2.24) is 9.88 Å². The summed E-state index contributed by atoms with van der Waals surface area (Å²) in [5.74, 6) is 0. The van der Waals surface area contributed by atoms with Gasteiger partial charge in [-0.15, -0.1) is 0 Å². The molecule has 0 fully saturated rings. The number of fused-ring (bicyclic) bond motifs is 1. The molecule has 0 aliphatic carbocycles. The zero-order chi connectivity index (χ0) is 26.8. The highest BCUT2D eigenvalue weighted by molar-refractivity contribution is 7.90. The first kappa shape index (κ1) is 26.3. The summed E-state index contributed by atoms with van der Waals surface area (Å²) in [6, 6.07) is 25.8. The molecule has 0 saturated heterocycles. The molecule has 1 heterocycles. The molecule has 0 unspecified atom stereocenters. The fourth-order valence-electron chi connectivity index (χ4n) is 4.31. The van der Waals surface area contributed by atoms with Crippen LogP contribution in [0.3, 0.4) is 0 Å². The predicted molar refractivity (Wildman–Crippen MR) is 152 cm³/mol. The number of nitriles is 1. The van der Waals surface area contributed by atoms with Crippen molar-refractivity contribution in [3.8, 4) is 17.2 Å². The molecule has 0 atom stereocenters. The largest absolute Gasteiger partial charge is 0.305 e. The molecule has 3 aromatic carbocycles. The standard InChI is InChI=1S/C31H31N3O2S/c1-31(2,21-32)27-18-25-10-7-15-33-30(25)29(19-27)24-9-6-8-22(16-24)17-26(20-34(3)4)23-11-13-28(14-12-23)37(5,35)36/h6-19H,20H2,1-5H3/b26-17-. The fraction of sp³-hybridized carbons (Fsp3) is 0.226. The normalized spacial score (nSPS) is 12.6. The van der Waals surface area contributed by atoms with E-state index < -0.39 is 15.3 Å². The topological polar surface area (TPSA) is 74.1 Å². The van der Waals surface area contributed by atoms with Gasteiger partial charge in [-0.2, -0.15) is 5.26 Å². The summed E-state index contributed by atoms with van der Waals surface area (Å²) in [7, 11) is 0.765. The van der Waals surface area contributed by atoms with Crippen LogP contribution in [0.15, 0.2) is 83.9 Å². The van der Waals surface area contributed by atoms with Gasteiger partial charge in [0.25, 0.3) is 0 Å². The Morgan fingerprint density at radius 2 is 1.76 bits per heavy atom. The third-order valence-corrected chi connectivity index (χ3v) is 7.51. The first-order chi connectivity index (χ1) is 17.5. The van der Waals surface area contributed by atoms with Gasteiger partial charge in [-0.25, -0.2) is 8.42 Å². The molecule has 5 nitrogen and oxygen atoms in total. The zero-order valence-electron chi connectivity index (χ0n) is 21.9. The second-order valence-electron chi connectivity index (χ2n) is 10.2. The summed E-state index contributed by atoms with van der Waals surface area (Å²) in [4.78, 5) is 7.05. The minimum Gasteiger partial charge on any atom is -0.305 e. The van der Waals surface area contributed by atoms with Crippen molar-refractivity contribution in [3.63, 3.8) is 0 Å². The van der Waals surface area contributed by atoms with Crippen LogP contribution < -0.4 is 0 Å². The van der Waals surface area contributed by atoms with Gasteiger partial charge >= 0.3 is 0 Å². The Bertz CT molecular complexity index is 1630. The van der Waals surface area contributed by atoms with Crippen LogP contribution in [0.2, 0.25) is 0 Å². The average Bonchev–Trinajstić information content (AvgIpc) is 2.87. The van der Waals surface area contributed by atoms with Gasteiger partial charge in [0.05, 0.1) is 21.9 Å². The third kappa shape index (κ3) is 5.96. The summed E-state index contributed by atoms with van der Waals surface area (Å²) in [6.07, 6.45) is 5.15. The van der Waals surface area contributed by atoms with Crippen molar-refractivity contribution in [3.05, 3.63) is 95.7 Å². The van der Waals surface area contributed by atoms with E-state index >= 15 is 0 Å². The average molecular weight is 510 g/mol. The Morgan fingerprint density at radius 1 is 1.03 bits per heavy atom. The van der Waals surface area contributed by atoms with Crippen LogP contribution in [-0.4, -0.2) is 45.2 Å². The van der Waals surface area contributed by atoms with Crippen molar-refractivity contribution in [1.29, 1.82) is 5.26 Å². The van der Waals surface area contributed by atoms with Crippen LogP contribution in [0.4, 0.5) is 0 Å². The smallest absolute Gasteiger partial charge is 0.175 e. The molecule has 37 heavy (non-hydrogen) atoms. The van der Waals surface area contributed by atoms with Crippen LogP contribution in [0.5, 0.6) is 0 Å². The monoisotopic (exact) mass is 509 g/mol. The lowest BCUT2D eigenvalue weighted by atomic mass is 9.83. The van der Waals surface area contributed by atoms with Gasteiger partial charge in [0.1, 0.15) is 0 Å². The summed E-state index contributed by atoms with van der Waals surface area (Å²) in [6.45, 7) is 4.55. The van der Waals surface area contributed by atoms with Crippen LogP contribution in [-0.2, 0) is 15.3 Å². The molecule has 4 rings (SSSR count). The van der Waals surface area contributed by atoms with E-state index in [0.717, 1.165) is 44.3 Å². The van der Waals surface area contributed by atoms with Crippen molar-refractivity contribution in [2.45, 2.75) is 24.2 Å². The van der Waals surface area contributed by atoms with Gasteiger partial charge in [-0.1, -0.05) is 36.4 Å². The molecule has 0 radical (unpaired) electrons. The van der Waals surface area contributed by atoms with Crippen LogP contribution >= 0.6 is 0 Å². The van der Waals surface area contributed by atoms with Gasteiger partial charge in [-0.05, 0) is 98.2 Å². The number of pyridine rings is 1. The van der Waals surface area contributed by atoms with Gasteiger partial charge in [0, 0.05) is 29.9 Å². The number of benzene rings is 3. The Labute approximate surface area is 219 Å². The lowest BCUT2D eigenvalue weighted by Crippen LogP contribution is -2.14. The van der Waals surface area contributed by atoms with E-state index in [0.29, 0.717) is 11.4 Å². The molecule has 0 amide bonds. The molecule has 1 aromatic heterocycles. The number of hydrogen-bond donors (Lipinski definition) is 0. The van der Waals surface area contributed by atoms with E-state index in [1.165, 1.54) is 6.26 Å². The number of likely N-dealkylation sites (N-methyl/N-ethyl adjacent to an activating group) is 1. The molecular formula is C31H31N3O2S. The number of sulfone groups is 1. The zero-order valence-corrected chi connectivity index (χ0v) is 22.7. The van der Waals surface area contributed by atoms with E-state index in [9.17, 15) is 13.7 Å². The molecule has 0 bridgehead atoms. The van der Waals surface area contributed by atoms with Gasteiger partial charge in [-0.3, -0.25) is 4.98 Å². The molecule has 188 valence electrons. The van der Waals surface area contributed by atoms with E-state index in [1.54, 1.807) is 18.3 Å². The maximum atomic E-state index is 11.9. The molecule has 6 heteroatoms.